The summed E-state index contributed by atoms with van der Waals surface area (Å²) >= 11 is 0. The minimum Gasteiger partial charge on any atom is -0.347 e. The first kappa shape index (κ1) is 12.1. The first-order chi connectivity index (χ1) is 7.54. The van der Waals surface area contributed by atoms with Gasteiger partial charge in [0.15, 0.2) is 0 Å². The van der Waals surface area contributed by atoms with E-state index in [1.165, 1.54) is 0 Å². The number of rotatable bonds is 2. The van der Waals surface area contributed by atoms with Gasteiger partial charge in [0, 0.05) is 13.1 Å². The Kier molecular flexibility index (Phi) is 3.95. The summed E-state index contributed by atoms with van der Waals surface area (Å²) in [5, 5.41) is 4.28. The minimum absolute atomic E-state index is 0.165. The summed E-state index contributed by atoms with van der Waals surface area (Å²) in [6.07, 6.45) is 0. The van der Waals surface area contributed by atoms with Crippen LogP contribution >= 0.6 is 0 Å². The van der Waals surface area contributed by atoms with Crippen molar-refractivity contribution in [1.29, 1.82) is 0 Å². The average molecular weight is 228 g/mol. The Labute approximate surface area is 91.1 Å². The maximum Gasteiger partial charge on any atom is 0.312 e. The van der Waals surface area contributed by atoms with Gasteiger partial charge in [0.2, 0.25) is 11.8 Å². The lowest BCUT2D eigenvalue weighted by Gasteiger charge is -2.24. The summed E-state index contributed by atoms with van der Waals surface area (Å²) in [6, 6.07) is 0. The third kappa shape index (κ3) is 3.02. The van der Waals surface area contributed by atoms with E-state index in [1.54, 1.807) is 0 Å². The number of hydrogen-bond acceptors (Lipinski definition) is 5. The molecule has 0 aliphatic carbocycles. The molecule has 8 heteroatoms. The minimum atomic E-state index is -0.906. The largest absolute Gasteiger partial charge is 0.347 e. The van der Waals surface area contributed by atoms with Gasteiger partial charge in [0.25, 0.3) is 0 Å². The Hall–Kier alpha value is -1.96. The van der Waals surface area contributed by atoms with Crippen LogP contribution in [-0.2, 0) is 19.2 Å². The third-order valence-corrected chi connectivity index (χ3v) is 1.86. The molecule has 0 spiro atoms. The maximum atomic E-state index is 11.4. The number of carbonyl (C=O) groups excluding carboxylic acids is 4. The fourth-order valence-corrected chi connectivity index (χ4v) is 1.19. The molecule has 88 valence electrons. The molecule has 0 aromatic carbocycles. The Morgan fingerprint density at radius 2 is 1.88 bits per heavy atom. The lowest BCUT2D eigenvalue weighted by atomic mass is 10.3. The van der Waals surface area contributed by atoms with Crippen molar-refractivity contribution < 1.29 is 19.2 Å². The SMILES string of the molecule is NCCNC(=O)C(=O)N1CC(=O)NC(=O)C1. The van der Waals surface area contributed by atoms with Gasteiger partial charge >= 0.3 is 11.8 Å². The van der Waals surface area contributed by atoms with Gasteiger partial charge in [-0.1, -0.05) is 0 Å². The van der Waals surface area contributed by atoms with Gasteiger partial charge in [-0.2, -0.15) is 0 Å². The van der Waals surface area contributed by atoms with Crippen LogP contribution in [0.25, 0.3) is 0 Å². The number of amides is 4. The second kappa shape index (κ2) is 5.21. The maximum absolute atomic E-state index is 11.4. The number of nitrogens with zero attached hydrogens (tertiary/aromatic N) is 1. The molecule has 1 heterocycles. The Bertz CT molecular complexity index is 325. The summed E-state index contributed by atoms with van der Waals surface area (Å²) in [4.78, 5) is 45.4. The lowest BCUT2D eigenvalue weighted by Crippen LogP contribution is -2.56. The second-order valence-electron chi connectivity index (χ2n) is 3.18. The van der Waals surface area contributed by atoms with Crippen LogP contribution in [-0.4, -0.2) is 54.7 Å². The number of carbonyl (C=O) groups is 4. The highest BCUT2D eigenvalue weighted by Gasteiger charge is 2.29. The highest BCUT2D eigenvalue weighted by Crippen LogP contribution is 1.95. The molecule has 16 heavy (non-hydrogen) atoms. The molecule has 0 aromatic heterocycles. The standard InChI is InChI=1S/C8H12N4O4/c9-1-2-10-7(15)8(16)12-3-5(13)11-6(14)4-12/h1-4,9H2,(H,10,15)(H,11,13,14). The first-order valence-electron chi connectivity index (χ1n) is 4.64. The quantitative estimate of drug-likeness (QED) is 0.335. The molecule has 0 bridgehead atoms. The molecule has 1 rings (SSSR count). The summed E-state index contributed by atoms with van der Waals surface area (Å²) in [7, 11) is 0. The van der Waals surface area contributed by atoms with Gasteiger partial charge in [0.05, 0.1) is 0 Å². The molecule has 1 aliphatic rings. The molecule has 4 amide bonds. The molecule has 0 unspecified atom stereocenters. The molecule has 8 nitrogen and oxygen atoms in total. The van der Waals surface area contributed by atoms with Crippen LogP contribution in [0.2, 0.25) is 0 Å². The number of nitrogens with one attached hydrogen (secondary N) is 2. The van der Waals surface area contributed by atoms with Gasteiger partial charge < -0.3 is 16.0 Å². The number of imide groups is 1. The van der Waals surface area contributed by atoms with E-state index in [1.807, 2.05) is 5.32 Å². The van der Waals surface area contributed by atoms with Crippen molar-refractivity contribution in [2.75, 3.05) is 26.2 Å². The van der Waals surface area contributed by atoms with Crippen molar-refractivity contribution in [3.63, 3.8) is 0 Å². The molecule has 0 radical (unpaired) electrons. The van der Waals surface area contributed by atoms with Crippen LogP contribution in [0.3, 0.4) is 0 Å². The first-order valence-corrected chi connectivity index (χ1v) is 4.64. The van der Waals surface area contributed by atoms with Gasteiger partial charge in [-0.15, -0.1) is 0 Å². The zero-order valence-corrected chi connectivity index (χ0v) is 8.49. The smallest absolute Gasteiger partial charge is 0.312 e. The van der Waals surface area contributed by atoms with Gasteiger partial charge in [0.1, 0.15) is 13.1 Å². The van der Waals surface area contributed by atoms with Crippen molar-refractivity contribution in [2.24, 2.45) is 5.73 Å². The van der Waals surface area contributed by atoms with Crippen LogP contribution in [0, 0.1) is 0 Å². The zero-order chi connectivity index (χ0) is 12.1. The lowest BCUT2D eigenvalue weighted by molar-refractivity contribution is -0.151. The number of nitrogens with two attached hydrogens (primary N) is 1. The molecule has 1 aliphatic heterocycles. The normalized spacial score (nSPS) is 15.7. The summed E-state index contributed by atoms with van der Waals surface area (Å²) in [5.41, 5.74) is 5.14. The Balaban J connectivity index is 2.56. The van der Waals surface area contributed by atoms with Crippen molar-refractivity contribution in [3.8, 4) is 0 Å². The zero-order valence-electron chi connectivity index (χ0n) is 8.49. The van der Waals surface area contributed by atoms with Gasteiger partial charge in [-0.3, -0.25) is 24.5 Å². The van der Waals surface area contributed by atoms with E-state index in [-0.39, 0.29) is 26.2 Å². The number of piperazine rings is 1. The van der Waals surface area contributed by atoms with Crippen LogP contribution < -0.4 is 16.4 Å². The molecule has 1 saturated heterocycles. The molecule has 1 fully saturated rings. The Morgan fingerprint density at radius 1 is 1.31 bits per heavy atom. The molecular formula is C8H12N4O4. The summed E-state index contributed by atoms with van der Waals surface area (Å²) < 4.78 is 0. The van der Waals surface area contributed by atoms with Gasteiger partial charge in [-0.25, -0.2) is 0 Å². The summed E-state index contributed by atoms with van der Waals surface area (Å²) in [6.45, 7) is -0.210. The van der Waals surface area contributed by atoms with E-state index in [0.29, 0.717) is 0 Å². The van der Waals surface area contributed by atoms with E-state index < -0.39 is 23.6 Å². The molecular weight excluding hydrogens is 216 g/mol. The number of hydrogen-bond donors (Lipinski definition) is 3. The van der Waals surface area contributed by atoms with E-state index in [0.717, 1.165) is 4.90 Å². The van der Waals surface area contributed by atoms with Crippen molar-refractivity contribution in [3.05, 3.63) is 0 Å². The van der Waals surface area contributed by atoms with E-state index in [2.05, 4.69) is 5.32 Å². The van der Waals surface area contributed by atoms with Gasteiger partial charge in [-0.05, 0) is 0 Å². The summed E-state index contributed by atoms with van der Waals surface area (Å²) in [5.74, 6) is -2.97. The molecule has 0 atom stereocenters. The van der Waals surface area contributed by atoms with Crippen LogP contribution in [0.5, 0.6) is 0 Å². The van der Waals surface area contributed by atoms with Crippen LogP contribution in [0.1, 0.15) is 0 Å². The molecule has 0 saturated carbocycles. The van der Waals surface area contributed by atoms with E-state index in [4.69, 9.17) is 5.73 Å². The monoisotopic (exact) mass is 228 g/mol. The predicted molar refractivity (Wildman–Crippen MR) is 51.8 cm³/mol. The topological polar surface area (TPSA) is 122 Å². The fourth-order valence-electron chi connectivity index (χ4n) is 1.19. The van der Waals surface area contributed by atoms with Crippen LogP contribution in [0.4, 0.5) is 0 Å². The molecule has 0 aromatic rings. The second-order valence-corrected chi connectivity index (χ2v) is 3.18. The van der Waals surface area contributed by atoms with Crippen molar-refractivity contribution in [1.82, 2.24) is 15.5 Å². The molecule has 4 N–H and O–H groups in total. The fraction of sp³-hybridized carbons (Fsp3) is 0.500. The average Bonchev–Trinajstić information content (AvgIpc) is 2.23. The van der Waals surface area contributed by atoms with E-state index >= 15 is 0 Å². The Morgan fingerprint density at radius 3 is 2.38 bits per heavy atom. The van der Waals surface area contributed by atoms with E-state index in [9.17, 15) is 19.2 Å². The third-order valence-electron chi connectivity index (χ3n) is 1.86. The van der Waals surface area contributed by atoms with Crippen molar-refractivity contribution in [2.45, 2.75) is 0 Å². The highest BCUT2D eigenvalue weighted by atomic mass is 16.2. The highest BCUT2D eigenvalue weighted by molar-refractivity contribution is 6.35. The predicted octanol–water partition coefficient (Wildman–Crippen LogP) is -3.45. The van der Waals surface area contributed by atoms with Crippen molar-refractivity contribution >= 4 is 23.6 Å². The van der Waals surface area contributed by atoms with Crippen LogP contribution in [0.15, 0.2) is 0 Å².